The quantitative estimate of drug-likeness (QED) is 0.155. The van der Waals surface area contributed by atoms with E-state index >= 15 is 0 Å². The van der Waals surface area contributed by atoms with Gasteiger partial charge in [0.15, 0.2) is 23.0 Å². The van der Waals surface area contributed by atoms with Gasteiger partial charge >= 0.3 is 0 Å². The van der Waals surface area contributed by atoms with Gasteiger partial charge in [-0.15, -0.1) is 5.53 Å². The van der Waals surface area contributed by atoms with Crippen molar-refractivity contribution >= 4 is 34.6 Å². The normalized spacial score (nSPS) is 10.3. The summed E-state index contributed by atoms with van der Waals surface area (Å²) in [5.41, 5.74) is 12.0. The molecule has 204 valence electrons. The van der Waals surface area contributed by atoms with Gasteiger partial charge < -0.3 is 45.2 Å². The van der Waals surface area contributed by atoms with E-state index in [0.29, 0.717) is 46.3 Å². The molecule has 0 unspecified atom stereocenters. The maximum Gasteiger partial charge on any atom is 0.232 e. The number of aromatic nitrogens is 3. The van der Waals surface area contributed by atoms with Crippen LogP contribution in [0.5, 0.6) is 28.7 Å². The molecule has 0 fully saturated rings. The average Bonchev–Trinajstić information content (AvgIpc) is 2.97. The molecular weight excluding hydrogens is 504 g/mol. The van der Waals surface area contributed by atoms with Crippen molar-refractivity contribution in [1.29, 1.82) is 0 Å². The van der Waals surface area contributed by atoms with Crippen LogP contribution in [0.25, 0.3) is 0 Å². The van der Waals surface area contributed by atoms with Gasteiger partial charge in [0.25, 0.3) is 0 Å². The molecule has 0 aliphatic heterocycles. The van der Waals surface area contributed by atoms with Crippen LogP contribution in [0.1, 0.15) is 0 Å². The van der Waals surface area contributed by atoms with Crippen LogP contribution >= 0.6 is 0 Å². The minimum Gasteiger partial charge on any atom is -0.493 e. The third-order valence-corrected chi connectivity index (χ3v) is 5.45. The first-order valence-electron chi connectivity index (χ1n) is 11.7. The Labute approximate surface area is 225 Å². The first-order valence-corrected chi connectivity index (χ1v) is 11.7. The van der Waals surface area contributed by atoms with E-state index in [2.05, 4.69) is 42.0 Å². The Morgan fingerprint density at radius 2 is 1.18 bits per heavy atom. The molecule has 0 radical (unpaired) electrons. The Bertz CT molecular complexity index is 1380. The third-order valence-electron chi connectivity index (χ3n) is 5.45. The SMILES string of the molecule is COc1ccc(NNNc2ccccc2Nc2ncnc(Nc3cc(OC)c(OC)c(OC)c3)n2)cc1OC. The summed E-state index contributed by atoms with van der Waals surface area (Å²) in [7, 11) is 7.83. The van der Waals surface area contributed by atoms with Crippen LogP contribution < -0.4 is 50.7 Å². The lowest BCUT2D eigenvalue weighted by molar-refractivity contribution is 0.324. The number of nitrogens with zero attached hydrogens (tertiary/aromatic N) is 3. The molecule has 39 heavy (non-hydrogen) atoms. The molecule has 0 saturated carbocycles. The molecule has 0 aliphatic carbocycles. The van der Waals surface area contributed by atoms with E-state index in [1.807, 2.05) is 42.5 Å². The summed E-state index contributed by atoms with van der Waals surface area (Å²) in [4.78, 5) is 12.9. The highest BCUT2D eigenvalue weighted by atomic mass is 16.5. The van der Waals surface area contributed by atoms with Gasteiger partial charge in [-0.1, -0.05) is 12.1 Å². The highest BCUT2D eigenvalue weighted by Gasteiger charge is 2.14. The van der Waals surface area contributed by atoms with Crippen molar-refractivity contribution in [1.82, 2.24) is 20.5 Å². The number of benzene rings is 3. The van der Waals surface area contributed by atoms with Crippen LogP contribution in [0.15, 0.2) is 60.9 Å². The highest BCUT2D eigenvalue weighted by molar-refractivity contribution is 5.72. The van der Waals surface area contributed by atoms with Crippen molar-refractivity contribution in [2.24, 2.45) is 0 Å². The van der Waals surface area contributed by atoms with Gasteiger partial charge in [0.05, 0.1) is 52.6 Å². The minimum atomic E-state index is 0.320. The summed E-state index contributed by atoms with van der Waals surface area (Å²) in [6.45, 7) is 0. The van der Waals surface area contributed by atoms with Crippen LogP contribution in [0, 0.1) is 0 Å². The summed E-state index contributed by atoms with van der Waals surface area (Å²) in [6, 6.07) is 16.6. The van der Waals surface area contributed by atoms with Crippen LogP contribution in [0.4, 0.5) is 34.6 Å². The third kappa shape index (κ3) is 6.59. The summed E-state index contributed by atoms with van der Waals surface area (Å²) >= 11 is 0. The monoisotopic (exact) mass is 534 g/mol. The number of hydrogen-bond donors (Lipinski definition) is 5. The zero-order chi connectivity index (χ0) is 27.6. The number of hydrazine groups is 2. The van der Waals surface area contributed by atoms with E-state index in [-0.39, 0.29) is 0 Å². The van der Waals surface area contributed by atoms with Crippen LogP contribution in [-0.4, -0.2) is 50.5 Å². The number of para-hydroxylation sites is 2. The predicted molar refractivity (Wildman–Crippen MR) is 149 cm³/mol. The van der Waals surface area contributed by atoms with Crippen LogP contribution in [0.3, 0.4) is 0 Å². The summed E-state index contributed by atoms with van der Waals surface area (Å²) < 4.78 is 26.8. The Morgan fingerprint density at radius 3 is 1.82 bits per heavy atom. The lowest BCUT2D eigenvalue weighted by Gasteiger charge is -2.16. The molecule has 4 rings (SSSR count). The van der Waals surface area contributed by atoms with Crippen molar-refractivity contribution in [2.75, 3.05) is 57.0 Å². The Balaban J connectivity index is 1.44. The molecule has 0 bridgehead atoms. The van der Waals surface area contributed by atoms with E-state index in [0.717, 1.165) is 17.1 Å². The van der Waals surface area contributed by atoms with Crippen molar-refractivity contribution in [3.05, 3.63) is 60.9 Å². The molecule has 13 nitrogen and oxygen atoms in total. The van der Waals surface area contributed by atoms with E-state index in [1.54, 1.807) is 47.7 Å². The van der Waals surface area contributed by atoms with Gasteiger partial charge in [0, 0.05) is 23.9 Å². The first-order chi connectivity index (χ1) is 19.1. The molecule has 0 saturated heterocycles. The van der Waals surface area contributed by atoms with Gasteiger partial charge in [0.2, 0.25) is 17.6 Å². The maximum absolute atomic E-state index is 5.41. The van der Waals surface area contributed by atoms with Crippen LogP contribution in [-0.2, 0) is 0 Å². The molecule has 5 N–H and O–H groups in total. The second kappa shape index (κ2) is 12.9. The Morgan fingerprint density at radius 1 is 0.564 bits per heavy atom. The molecule has 3 aromatic carbocycles. The lowest BCUT2D eigenvalue weighted by Crippen LogP contribution is -2.28. The van der Waals surface area contributed by atoms with Gasteiger partial charge in [-0.3, -0.25) is 0 Å². The second-order valence-electron chi connectivity index (χ2n) is 7.79. The number of ether oxygens (including phenoxy) is 5. The average molecular weight is 535 g/mol. The molecule has 1 heterocycles. The fourth-order valence-corrected chi connectivity index (χ4v) is 3.61. The molecular formula is C26H30N8O5. The second-order valence-corrected chi connectivity index (χ2v) is 7.79. The topological polar surface area (TPSA) is 145 Å². The Kier molecular flexibility index (Phi) is 8.87. The Hall–Kier alpha value is -5.17. The number of rotatable bonds is 13. The fourth-order valence-electron chi connectivity index (χ4n) is 3.61. The van der Waals surface area contributed by atoms with Crippen molar-refractivity contribution < 1.29 is 23.7 Å². The number of nitrogens with one attached hydrogen (secondary N) is 5. The highest BCUT2D eigenvalue weighted by Crippen LogP contribution is 2.40. The standard InChI is InChI=1S/C26H30N8O5/c1-35-20-11-10-16(12-21(20)36-2)32-34-33-19-9-7-6-8-18(19)30-26-28-15-27-25(31-26)29-17-13-22(37-3)24(39-5)23(14-17)38-4/h6-15,32-34H,1-5H3,(H2,27,28,29,30,31). The number of hydrogen-bond acceptors (Lipinski definition) is 13. The summed E-state index contributed by atoms with van der Waals surface area (Å²) in [5.74, 6) is 3.39. The largest absolute Gasteiger partial charge is 0.493 e. The number of methoxy groups -OCH3 is 5. The smallest absolute Gasteiger partial charge is 0.232 e. The molecule has 0 amide bonds. The van der Waals surface area contributed by atoms with E-state index in [4.69, 9.17) is 23.7 Å². The lowest BCUT2D eigenvalue weighted by atomic mass is 10.2. The predicted octanol–water partition coefficient (Wildman–Crippen LogP) is 4.35. The van der Waals surface area contributed by atoms with Crippen molar-refractivity contribution in [3.8, 4) is 28.7 Å². The minimum absolute atomic E-state index is 0.320. The maximum atomic E-state index is 5.41. The molecule has 0 aliphatic rings. The molecule has 13 heteroatoms. The molecule has 0 atom stereocenters. The molecule has 4 aromatic rings. The number of anilines is 6. The zero-order valence-electron chi connectivity index (χ0n) is 22.2. The van der Waals surface area contributed by atoms with Gasteiger partial charge in [-0.05, 0) is 24.3 Å². The van der Waals surface area contributed by atoms with E-state index in [1.165, 1.54) is 6.33 Å². The molecule has 0 spiro atoms. The van der Waals surface area contributed by atoms with E-state index < -0.39 is 0 Å². The molecule has 1 aromatic heterocycles. The van der Waals surface area contributed by atoms with Crippen LogP contribution in [0.2, 0.25) is 0 Å². The van der Waals surface area contributed by atoms with E-state index in [9.17, 15) is 0 Å². The van der Waals surface area contributed by atoms with Gasteiger partial charge in [-0.2, -0.15) is 4.98 Å². The fraction of sp³-hybridized carbons (Fsp3) is 0.192. The zero-order valence-corrected chi connectivity index (χ0v) is 22.2. The summed E-state index contributed by atoms with van der Waals surface area (Å²) in [6.07, 6.45) is 1.41. The van der Waals surface area contributed by atoms with Crippen molar-refractivity contribution in [2.45, 2.75) is 0 Å². The summed E-state index contributed by atoms with van der Waals surface area (Å²) in [5, 5.41) is 6.35. The van der Waals surface area contributed by atoms with Gasteiger partial charge in [-0.25, -0.2) is 9.97 Å². The van der Waals surface area contributed by atoms with Gasteiger partial charge in [0.1, 0.15) is 6.33 Å². The van der Waals surface area contributed by atoms with Crippen molar-refractivity contribution in [3.63, 3.8) is 0 Å². The first kappa shape index (κ1) is 26.9.